The predicted molar refractivity (Wildman–Crippen MR) is 80.8 cm³/mol. The van der Waals surface area contributed by atoms with Gasteiger partial charge < -0.3 is 4.42 Å². The lowest BCUT2D eigenvalue weighted by Crippen LogP contribution is -2.23. The summed E-state index contributed by atoms with van der Waals surface area (Å²) < 4.78 is 27.8. The number of sulfone groups is 1. The van der Waals surface area contributed by atoms with Crippen LogP contribution in [0.4, 0.5) is 0 Å². The largest absolute Gasteiger partial charge is 0.469 e. The molecule has 0 radical (unpaired) electrons. The standard InChI is InChI=1S/C16H13NO5S/c1-10-13(7-8-22-10)16(19)14(9-17)15(18)11-3-5-12(6-4-11)23(2,20)21/h3-8,14H,1-2H3/t14-/m1/s1. The normalized spacial score (nSPS) is 12.4. The molecule has 0 unspecified atom stereocenters. The maximum Gasteiger partial charge on any atom is 0.191 e. The van der Waals surface area contributed by atoms with Crippen molar-refractivity contribution in [1.82, 2.24) is 0 Å². The van der Waals surface area contributed by atoms with Crippen LogP contribution in [-0.4, -0.2) is 26.2 Å². The maximum absolute atomic E-state index is 12.4. The number of ketones is 2. The van der Waals surface area contributed by atoms with Crippen LogP contribution in [0.15, 0.2) is 45.9 Å². The first-order valence-electron chi connectivity index (χ1n) is 6.58. The minimum absolute atomic E-state index is 0.0552. The van der Waals surface area contributed by atoms with E-state index in [2.05, 4.69) is 0 Å². The van der Waals surface area contributed by atoms with Crippen LogP contribution in [0.3, 0.4) is 0 Å². The molecule has 0 aliphatic heterocycles. The minimum atomic E-state index is -3.38. The van der Waals surface area contributed by atoms with E-state index in [0.29, 0.717) is 5.76 Å². The van der Waals surface area contributed by atoms with Crippen LogP contribution >= 0.6 is 0 Å². The molecule has 0 fully saturated rings. The predicted octanol–water partition coefficient (Wildman–Crippen LogP) is 2.20. The lowest BCUT2D eigenvalue weighted by Gasteiger charge is -2.07. The van der Waals surface area contributed by atoms with Gasteiger partial charge in [-0.3, -0.25) is 9.59 Å². The zero-order chi connectivity index (χ0) is 17.2. The average Bonchev–Trinajstić information content (AvgIpc) is 2.93. The van der Waals surface area contributed by atoms with Crippen LogP contribution in [0.5, 0.6) is 0 Å². The van der Waals surface area contributed by atoms with Crippen LogP contribution in [0.1, 0.15) is 26.5 Å². The van der Waals surface area contributed by atoms with Gasteiger partial charge in [-0.1, -0.05) is 12.1 Å². The van der Waals surface area contributed by atoms with Crippen molar-refractivity contribution < 1.29 is 22.4 Å². The number of furan rings is 1. The number of hydrogen-bond acceptors (Lipinski definition) is 6. The maximum atomic E-state index is 12.4. The number of nitriles is 1. The number of hydrogen-bond donors (Lipinski definition) is 0. The summed E-state index contributed by atoms with van der Waals surface area (Å²) in [6.45, 7) is 1.56. The fourth-order valence-corrected chi connectivity index (χ4v) is 2.70. The van der Waals surface area contributed by atoms with Crippen molar-refractivity contribution in [2.24, 2.45) is 5.92 Å². The Balaban J connectivity index is 2.33. The topological polar surface area (TPSA) is 105 Å². The monoisotopic (exact) mass is 331 g/mol. The highest BCUT2D eigenvalue weighted by Crippen LogP contribution is 2.19. The third kappa shape index (κ3) is 3.38. The van der Waals surface area contributed by atoms with E-state index in [0.717, 1.165) is 6.26 Å². The summed E-state index contributed by atoms with van der Waals surface area (Å²) in [5, 5.41) is 9.18. The molecule has 2 rings (SSSR count). The van der Waals surface area contributed by atoms with Gasteiger partial charge in [-0.05, 0) is 25.1 Å². The Morgan fingerprint density at radius 2 is 1.74 bits per heavy atom. The van der Waals surface area contributed by atoms with Crippen molar-refractivity contribution in [2.75, 3.05) is 6.26 Å². The molecule has 7 heteroatoms. The molecule has 0 saturated carbocycles. The van der Waals surface area contributed by atoms with E-state index in [4.69, 9.17) is 4.42 Å². The summed E-state index contributed by atoms with van der Waals surface area (Å²) >= 11 is 0. The van der Waals surface area contributed by atoms with E-state index < -0.39 is 27.3 Å². The number of aryl methyl sites for hydroxylation is 1. The molecule has 0 spiro atoms. The van der Waals surface area contributed by atoms with Gasteiger partial charge in [0.15, 0.2) is 27.3 Å². The van der Waals surface area contributed by atoms with Gasteiger partial charge >= 0.3 is 0 Å². The zero-order valence-corrected chi connectivity index (χ0v) is 13.3. The van der Waals surface area contributed by atoms with E-state index in [-0.39, 0.29) is 16.0 Å². The first kappa shape index (κ1) is 16.6. The second kappa shape index (κ2) is 6.18. The van der Waals surface area contributed by atoms with Crippen molar-refractivity contribution in [2.45, 2.75) is 11.8 Å². The third-order valence-corrected chi connectivity index (χ3v) is 4.47. The number of Topliss-reactive ketones (excluding diaryl/α,β-unsaturated/α-hetero) is 2. The second-order valence-corrected chi connectivity index (χ2v) is 6.99. The van der Waals surface area contributed by atoms with Crippen LogP contribution in [0.25, 0.3) is 0 Å². The highest BCUT2D eigenvalue weighted by Gasteiger charge is 2.30. The molecule has 0 N–H and O–H groups in total. The van der Waals surface area contributed by atoms with Gasteiger partial charge in [0.05, 0.1) is 22.8 Å². The molecular formula is C16H13NO5S. The summed E-state index contributed by atoms with van der Waals surface area (Å²) in [6, 6.07) is 8.22. The Hall–Kier alpha value is -2.72. The molecule has 0 bridgehead atoms. The summed E-state index contributed by atoms with van der Waals surface area (Å²) in [6.07, 6.45) is 2.36. The molecule has 0 amide bonds. The highest BCUT2D eigenvalue weighted by atomic mass is 32.2. The third-order valence-electron chi connectivity index (χ3n) is 3.34. The Labute approximate surface area is 133 Å². The van der Waals surface area contributed by atoms with Crippen molar-refractivity contribution in [3.63, 3.8) is 0 Å². The molecule has 1 aromatic heterocycles. The molecule has 0 aliphatic carbocycles. The van der Waals surface area contributed by atoms with Gasteiger partial charge in [0.2, 0.25) is 0 Å². The lowest BCUT2D eigenvalue weighted by molar-refractivity contribution is 0.0845. The van der Waals surface area contributed by atoms with Gasteiger partial charge in [0.25, 0.3) is 0 Å². The van der Waals surface area contributed by atoms with Crippen molar-refractivity contribution in [3.8, 4) is 6.07 Å². The van der Waals surface area contributed by atoms with Crippen molar-refractivity contribution in [3.05, 3.63) is 53.5 Å². The Morgan fingerprint density at radius 1 is 1.13 bits per heavy atom. The first-order valence-corrected chi connectivity index (χ1v) is 8.47. The fraction of sp³-hybridized carbons (Fsp3) is 0.188. The zero-order valence-electron chi connectivity index (χ0n) is 12.4. The highest BCUT2D eigenvalue weighted by molar-refractivity contribution is 7.90. The molecule has 1 aromatic carbocycles. The average molecular weight is 331 g/mol. The first-order chi connectivity index (χ1) is 10.8. The Morgan fingerprint density at radius 3 is 2.17 bits per heavy atom. The van der Waals surface area contributed by atoms with E-state index in [1.165, 1.54) is 36.6 Å². The summed E-state index contributed by atoms with van der Waals surface area (Å²) in [7, 11) is -3.38. The Bertz CT molecular complexity index is 901. The molecule has 1 atom stereocenters. The second-order valence-electron chi connectivity index (χ2n) is 4.98. The minimum Gasteiger partial charge on any atom is -0.469 e. The van der Waals surface area contributed by atoms with Gasteiger partial charge in [0.1, 0.15) is 5.76 Å². The molecule has 118 valence electrons. The molecule has 0 saturated heterocycles. The van der Waals surface area contributed by atoms with Gasteiger partial charge in [-0.25, -0.2) is 8.42 Å². The van der Waals surface area contributed by atoms with Gasteiger partial charge in [-0.2, -0.15) is 5.26 Å². The summed E-state index contributed by atoms with van der Waals surface area (Å²) in [5.74, 6) is -2.50. The van der Waals surface area contributed by atoms with Crippen LogP contribution in [0.2, 0.25) is 0 Å². The van der Waals surface area contributed by atoms with E-state index in [9.17, 15) is 23.3 Å². The summed E-state index contributed by atoms with van der Waals surface area (Å²) in [5.41, 5.74) is 0.274. The molecule has 2 aromatic rings. The molecular weight excluding hydrogens is 318 g/mol. The fourth-order valence-electron chi connectivity index (χ4n) is 2.07. The van der Waals surface area contributed by atoms with Crippen LogP contribution in [-0.2, 0) is 9.84 Å². The molecule has 0 aliphatic rings. The lowest BCUT2D eigenvalue weighted by atomic mass is 9.91. The van der Waals surface area contributed by atoms with E-state index in [1.807, 2.05) is 0 Å². The molecule has 1 heterocycles. The number of benzene rings is 1. The quantitative estimate of drug-likeness (QED) is 0.614. The SMILES string of the molecule is Cc1occc1C(=O)[C@H](C#N)C(=O)c1ccc(S(C)(=O)=O)cc1. The van der Waals surface area contributed by atoms with Crippen LogP contribution < -0.4 is 0 Å². The van der Waals surface area contributed by atoms with Gasteiger partial charge in [0, 0.05) is 11.8 Å². The van der Waals surface area contributed by atoms with E-state index in [1.54, 1.807) is 13.0 Å². The number of rotatable bonds is 5. The summed E-state index contributed by atoms with van der Waals surface area (Å²) in [4.78, 5) is 24.7. The number of carbonyl (C=O) groups is 2. The molecule has 23 heavy (non-hydrogen) atoms. The number of carbonyl (C=O) groups excluding carboxylic acids is 2. The number of nitrogens with zero attached hydrogens (tertiary/aromatic N) is 1. The Kier molecular flexibility index (Phi) is 4.48. The van der Waals surface area contributed by atoms with E-state index >= 15 is 0 Å². The smallest absolute Gasteiger partial charge is 0.191 e. The molecule has 6 nitrogen and oxygen atoms in total. The van der Waals surface area contributed by atoms with Crippen molar-refractivity contribution in [1.29, 1.82) is 5.26 Å². The van der Waals surface area contributed by atoms with Crippen molar-refractivity contribution >= 4 is 21.4 Å². The van der Waals surface area contributed by atoms with Crippen LogP contribution in [0, 0.1) is 24.2 Å². The van der Waals surface area contributed by atoms with Gasteiger partial charge in [-0.15, -0.1) is 0 Å².